The van der Waals surface area contributed by atoms with Gasteiger partial charge in [0, 0.05) is 20.0 Å². The molecule has 0 aliphatic carbocycles. The van der Waals surface area contributed by atoms with E-state index in [9.17, 15) is 9.59 Å². The van der Waals surface area contributed by atoms with Crippen molar-refractivity contribution in [2.45, 2.75) is 20.3 Å². The van der Waals surface area contributed by atoms with Gasteiger partial charge in [0.2, 0.25) is 11.8 Å². The summed E-state index contributed by atoms with van der Waals surface area (Å²) in [6.45, 7) is 8.12. The second-order valence-corrected chi connectivity index (χ2v) is 3.04. The van der Waals surface area contributed by atoms with Crippen LogP contribution in [0.1, 0.15) is 20.3 Å². The predicted octanol–water partition coefficient (Wildman–Crippen LogP) is 0.547. The number of nitrogens with zero attached hydrogens (tertiary/aromatic N) is 1. The number of amides is 2. The van der Waals surface area contributed by atoms with Crippen LogP contribution in [0.4, 0.5) is 0 Å². The SMILES string of the molecule is C=CCN(CC(=O)NCCC)C(C)=O. The Balaban J connectivity index is 3.95. The molecule has 14 heavy (non-hydrogen) atoms. The molecule has 0 aliphatic rings. The first kappa shape index (κ1) is 12.7. The standard InChI is InChI=1S/C10H18N2O2/c1-4-6-11-10(14)8-12(7-5-2)9(3)13/h5H,2,4,6-8H2,1,3H3,(H,11,14). The molecule has 0 rings (SSSR count). The maximum absolute atomic E-state index is 11.3. The molecular formula is C10H18N2O2. The molecule has 0 aromatic heterocycles. The molecule has 0 saturated heterocycles. The maximum atomic E-state index is 11.3. The van der Waals surface area contributed by atoms with Crippen LogP contribution in [0.25, 0.3) is 0 Å². The molecule has 0 aliphatic heterocycles. The average molecular weight is 198 g/mol. The van der Waals surface area contributed by atoms with Crippen molar-refractivity contribution in [1.82, 2.24) is 10.2 Å². The van der Waals surface area contributed by atoms with E-state index >= 15 is 0 Å². The van der Waals surface area contributed by atoms with Crippen LogP contribution < -0.4 is 5.32 Å². The molecule has 4 nitrogen and oxygen atoms in total. The Labute approximate surface area is 85.0 Å². The van der Waals surface area contributed by atoms with Gasteiger partial charge in [0.15, 0.2) is 0 Å². The van der Waals surface area contributed by atoms with Crippen molar-refractivity contribution in [3.05, 3.63) is 12.7 Å². The van der Waals surface area contributed by atoms with E-state index in [0.29, 0.717) is 13.1 Å². The Morgan fingerprint density at radius 3 is 2.57 bits per heavy atom. The highest BCUT2D eigenvalue weighted by Crippen LogP contribution is 1.89. The van der Waals surface area contributed by atoms with Gasteiger partial charge in [-0.2, -0.15) is 0 Å². The fraction of sp³-hybridized carbons (Fsp3) is 0.600. The summed E-state index contributed by atoms with van der Waals surface area (Å²) < 4.78 is 0. The van der Waals surface area contributed by atoms with Crippen LogP contribution in [0.3, 0.4) is 0 Å². The summed E-state index contributed by atoms with van der Waals surface area (Å²) in [6, 6.07) is 0. The quantitative estimate of drug-likeness (QED) is 0.633. The van der Waals surface area contributed by atoms with E-state index in [-0.39, 0.29) is 18.4 Å². The number of hydrogen-bond acceptors (Lipinski definition) is 2. The third kappa shape index (κ3) is 5.35. The largest absolute Gasteiger partial charge is 0.355 e. The van der Waals surface area contributed by atoms with Crippen molar-refractivity contribution in [3.63, 3.8) is 0 Å². The van der Waals surface area contributed by atoms with Gasteiger partial charge in [-0.25, -0.2) is 0 Å². The van der Waals surface area contributed by atoms with Crippen molar-refractivity contribution >= 4 is 11.8 Å². The molecule has 1 N–H and O–H groups in total. The van der Waals surface area contributed by atoms with Gasteiger partial charge in [0.25, 0.3) is 0 Å². The van der Waals surface area contributed by atoms with Gasteiger partial charge in [0.05, 0.1) is 6.54 Å². The fourth-order valence-electron chi connectivity index (χ4n) is 0.954. The van der Waals surface area contributed by atoms with E-state index in [0.717, 1.165) is 6.42 Å². The predicted molar refractivity (Wildman–Crippen MR) is 55.8 cm³/mol. The second-order valence-electron chi connectivity index (χ2n) is 3.04. The smallest absolute Gasteiger partial charge is 0.239 e. The zero-order valence-corrected chi connectivity index (χ0v) is 8.88. The molecule has 80 valence electrons. The van der Waals surface area contributed by atoms with Crippen LogP contribution in [0.5, 0.6) is 0 Å². The highest BCUT2D eigenvalue weighted by Gasteiger charge is 2.10. The van der Waals surface area contributed by atoms with Crippen molar-refractivity contribution in [2.24, 2.45) is 0 Å². The molecule has 0 unspecified atom stereocenters. The van der Waals surface area contributed by atoms with Gasteiger partial charge >= 0.3 is 0 Å². The van der Waals surface area contributed by atoms with E-state index in [1.54, 1.807) is 6.08 Å². The molecule has 0 atom stereocenters. The lowest BCUT2D eigenvalue weighted by atomic mass is 10.4. The van der Waals surface area contributed by atoms with Gasteiger partial charge in [-0.15, -0.1) is 6.58 Å². The first-order valence-electron chi connectivity index (χ1n) is 4.75. The van der Waals surface area contributed by atoms with Crippen LogP contribution >= 0.6 is 0 Å². The van der Waals surface area contributed by atoms with Crippen LogP contribution in [-0.2, 0) is 9.59 Å². The number of hydrogen-bond donors (Lipinski definition) is 1. The zero-order chi connectivity index (χ0) is 11.0. The molecule has 0 aromatic rings. The number of carbonyl (C=O) groups excluding carboxylic acids is 2. The summed E-state index contributed by atoms with van der Waals surface area (Å²) in [6.07, 6.45) is 2.50. The number of nitrogens with one attached hydrogen (secondary N) is 1. The van der Waals surface area contributed by atoms with Gasteiger partial charge in [-0.05, 0) is 6.42 Å². The third-order valence-corrected chi connectivity index (χ3v) is 1.70. The Morgan fingerprint density at radius 2 is 2.14 bits per heavy atom. The van der Waals surface area contributed by atoms with Crippen LogP contribution in [0.15, 0.2) is 12.7 Å². The molecule has 0 heterocycles. The molecular weight excluding hydrogens is 180 g/mol. The Kier molecular flexibility index (Phi) is 6.45. The van der Waals surface area contributed by atoms with Gasteiger partial charge < -0.3 is 10.2 Å². The summed E-state index contributed by atoms with van der Waals surface area (Å²) in [5, 5.41) is 2.71. The van der Waals surface area contributed by atoms with Crippen molar-refractivity contribution in [3.8, 4) is 0 Å². The summed E-state index contributed by atoms with van der Waals surface area (Å²) in [7, 11) is 0. The molecule has 2 amide bonds. The normalized spacial score (nSPS) is 9.29. The number of rotatable bonds is 6. The Hall–Kier alpha value is -1.32. The van der Waals surface area contributed by atoms with Crippen molar-refractivity contribution in [2.75, 3.05) is 19.6 Å². The summed E-state index contributed by atoms with van der Waals surface area (Å²) in [4.78, 5) is 23.7. The monoisotopic (exact) mass is 198 g/mol. The van der Waals surface area contributed by atoms with E-state index in [4.69, 9.17) is 0 Å². The molecule has 0 radical (unpaired) electrons. The van der Waals surface area contributed by atoms with Gasteiger partial charge in [0.1, 0.15) is 0 Å². The molecule has 0 saturated carbocycles. The molecule has 4 heteroatoms. The summed E-state index contributed by atoms with van der Waals surface area (Å²) in [5.74, 6) is -0.236. The van der Waals surface area contributed by atoms with Crippen LogP contribution in [-0.4, -0.2) is 36.3 Å². The minimum absolute atomic E-state index is 0.112. The molecule has 0 aromatic carbocycles. The van der Waals surface area contributed by atoms with Gasteiger partial charge in [-0.3, -0.25) is 9.59 Å². The second kappa shape index (κ2) is 7.12. The fourth-order valence-corrected chi connectivity index (χ4v) is 0.954. The highest BCUT2D eigenvalue weighted by atomic mass is 16.2. The van der Waals surface area contributed by atoms with E-state index in [2.05, 4.69) is 11.9 Å². The lowest BCUT2D eigenvalue weighted by molar-refractivity contribution is -0.133. The summed E-state index contributed by atoms with van der Waals surface area (Å²) >= 11 is 0. The minimum atomic E-state index is -0.121. The van der Waals surface area contributed by atoms with Crippen LogP contribution in [0.2, 0.25) is 0 Å². The molecule has 0 fully saturated rings. The minimum Gasteiger partial charge on any atom is -0.355 e. The van der Waals surface area contributed by atoms with Crippen molar-refractivity contribution < 1.29 is 9.59 Å². The van der Waals surface area contributed by atoms with Gasteiger partial charge in [-0.1, -0.05) is 13.0 Å². The lowest BCUT2D eigenvalue weighted by Crippen LogP contribution is -2.39. The molecule has 0 spiro atoms. The Morgan fingerprint density at radius 1 is 1.50 bits per heavy atom. The topological polar surface area (TPSA) is 49.4 Å². The zero-order valence-electron chi connectivity index (χ0n) is 8.88. The first-order chi connectivity index (χ1) is 6.61. The van der Waals surface area contributed by atoms with E-state index in [1.807, 2.05) is 6.92 Å². The summed E-state index contributed by atoms with van der Waals surface area (Å²) in [5.41, 5.74) is 0. The Bertz CT molecular complexity index is 214. The number of carbonyl (C=O) groups is 2. The van der Waals surface area contributed by atoms with Crippen LogP contribution in [0, 0.1) is 0 Å². The molecule has 0 bridgehead atoms. The third-order valence-electron chi connectivity index (χ3n) is 1.70. The first-order valence-corrected chi connectivity index (χ1v) is 4.75. The van der Waals surface area contributed by atoms with Crippen molar-refractivity contribution in [1.29, 1.82) is 0 Å². The average Bonchev–Trinajstić information content (AvgIpc) is 2.14. The maximum Gasteiger partial charge on any atom is 0.239 e. The van der Waals surface area contributed by atoms with E-state index < -0.39 is 0 Å². The highest BCUT2D eigenvalue weighted by molar-refractivity contribution is 5.83. The van der Waals surface area contributed by atoms with E-state index in [1.165, 1.54) is 11.8 Å². The lowest BCUT2D eigenvalue weighted by Gasteiger charge is -2.18.